The largest absolute Gasteiger partial charge is 0.463 e. The maximum atomic E-state index is 10.8. The number of ether oxygens (including phenoxy) is 1. The van der Waals surface area contributed by atoms with Crippen LogP contribution in [0.3, 0.4) is 0 Å². The van der Waals surface area contributed by atoms with Gasteiger partial charge in [0.1, 0.15) is 0 Å². The van der Waals surface area contributed by atoms with Crippen LogP contribution in [0.1, 0.15) is 59.3 Å². The zero-order valence-corrected chi connectivity index (χ0v) is 10.8. The van der Waals surface area contributed by atoms with Gasteiger partial charge in [-0.15, -0.1) is 0 Å². The first-order chi connectivity index (χ1) is 7.49. The van der Waals surface area contributed by atoms with Gasteiger partial charge in [0, 0.05) is 6.92 Å². The molecule has 4 atom stereocenters. The number of fused-ring (bicyclic) bond motifs is 2. The summed E-state index contributed by atoms with van der Waals surface area (Å²) in [4.78, 5) is 10.8. The first-order valence-corrected chi connectivity index (χ1v) is 6.67. The standard InChI is InChI=1S/C14H24O2/c1-10(16-11(2)15)6-7-14(3)9-12-4-5-13(14)8-12/h10,12-13H,4-9H2,1-3H3/t10-,12-,13-,14+/m1/s1. The molecule has 0 saturated heterocycles. The van der Waals surface area contributed by atoms with Crippen molar-refractivity contribution in [2.75, 3.05) is 0 Å². The molecule has 0 amide bonds. The van der Waals surface area contributed by atoms with E-state index in [1.165, 1.54) is 39.0 Å². The number of rotatable bonds is 4. The Kier molecular flexibility index (Phi) is 3.27. The summed E-state index contributed by atoms with van der Waals surface area (Å²) >= 11 is 0. The molecule has 0 N–H and O–H groups in total. The topological polar surface area (TPSA) is 26.3 Å². The van der Waals surface area contributed by atoms with Crippen LogP contribution in [0.4, 0.5) is 0 Å². The van der Waals surface area contributed by atoms with Crippen LogP contribution in [0.15, 0.2) is 0 Å². The summed E-state index contributed by atoms with van der Waals surface area (Å²) in [6.45, 7) is 5.95. The Morgan fingerprint density at radius 2 is 2.25 bits per heavy atom. The van der Waals surface area contributed by atoms with Crippen LogP contribution < -0.4 is 0 Å². The van der Waals surface area contributed by atoms with Gasteiger partial charge in [-0.2, -0.15) is 0 Å². The fourth-order valence-electron chi connectivity index (χ4n) is 3.90. The fraction of sp³-hybridized carbons (Fsp3) is 0.929. The van der Waals surface area contributed by atoms with Crippen molar-refractivity contribution in [3.63, 3.8) is 0 Å². The molecular formula is C14H24O2. The summed E-state index contributed by atoms with van der Waals surface area (Å²) in [5.41, 5.74) is 0.539. The van der Waals surface area contributed by atoms with E-state index in [9.17, 15) is 4.79 Å². The molecule has 2 saturated carbocycles. The number of hydrogen-bond donors (Lipinski definition) is 0. The summed E-state index contributed by atoms with van der Waals surface area (Å²) in [6.07, 6.45) is 8.10. The number of carbonyl (C=O) groups is 1. The lowest BCUT2D eigenvalue weighted by atomic mass is 9.71. The van der Waals surface area contributed by atoms with E-state index in [0.29, 0.717) is 5.41 Å². The minimum absolute atomic E-state index is 0.0912. The van der Waals surface area contributed by atoms with Crippen LogP contribution in [-0.4, -0.2) is 12.1 Å². The highest BCUT2D eigenvalue weighted by molar-refractivity contribution is 5.66. The van der Waals surface area contributed by atoms with Crippen LogP contribution in [-0.2, 0) is 9.53 Å². The molecule has 0 aromatic rings. The summed E-state index contributed by atoms with van der Waals surface area (Å²) < 4.78 is 5.20. The smallest absolute Gasteiger partial charge is 0.302 e. The Morgan fingerprint density at radius 3 is 2.75 bits per heavy atom. The predicted octanol–water partition coefficient (Wildman–Crippen LogP) is 3.54. The second-order valence-corrected chi connectivity index (χ2v) is 6.19. The Labute approximate surface area is 98.7 Å². The van der Waals surface area contributed by atoms with Crippen LogP contribution in [0.5, 0.6) is 0 Å². The first-order valence-electron chi connectivity index (χ1n) is 6.67. The lowest BCUT2D eigenvalue weighted by Crippen LogP contribution is -2.26. The molecule has 0 heterocycles. The molecule has 2 rings (SSSR count). The molecule has 16 heavy (non-hydrogen) atoms. The van der Waals surface area contributed by atoms with Gasteiger partial charge in [0.15, 0.2) is 0 Å². The van der Waals surface area contributed by atoms with Gasteiger partial charge in [0.2, 0.25) is 0 Å². The molecule has 2 heteroatoms. The van der Waals surface area contributed by atoms with Crippen LogP contribution in [0.25, 0.3) is 0 Å². The van der Waals surface area contributed by atoms with Gasteiger partial charge in [0.25, 0.3) is 0 Å². The molecule has 2 aliphatic carbocycles. The van der Waals surface area contributed by atoms with Crippen LogP contribution >= 0.6 is 0 Å². The number of carbonyl (C=O) groups excluding carboxylic acids is 1. The lowest BCUT2D eigenvalue weighted by molar-refractivity contribution is -0.146. The highest BCUT2D eigenvalue weighted by Crippen LogP contribution is 2.57. The van der Waals surface area contributed by atoms with Gasteiger partial charge < -0.3 is 4.74 Å². The van der Waals surface area contributed by atoms with Gasteiger partial charge in [-0.25, -0.2) is 0 Å². The van der Waals surface area contributed by atoms with E-state index >= 15 is 0 Å². The first kappa shape index (κ1) is 11.9. The monoisotopic (exact) mass is 224 g/mol. The Balaban J connectivity index is 1.79. The van der Waals surface area contributed by atoms with E-state index in [4.69, 9.17) is 4.74 Å². The van der Waals surface area contributed by atoms with Crippen molar-refractivity contribution in [3.05, 3.63) is 0 Å². The summed E-state index contributed by atoms with van der Waals surface area (Å²) in [5.74, 6) is 1.80. The van der Waals surface area contributed by atoms with E-state index in [1.54, 1.807) is 0 Å². The molecule has 0 aromatic heterocycles. The van der Waals surface area contributed by atoms with E-state index in [-0.39, 0.29) is 12.1 Å². The molecule has 0 aromatic carbocycles. The molecule has 2 fully saturated rings. The minimum atomic E-state index is -0.148. The van der Waals surface area contributed by atoms with E-state index < -0.39 is 0 Å². The molecular weight excluding hydrogens is 200 g/mol. The quantitative estimate of drug-likeness (QED) is 0.683. The normalized spacial score (nSPS) is 38.7. The third-order valence-corrected chi connectivity index (χ3v) is 4.77. The van der Waals surface area contributed by atoms with Crippen molar-refractivity contribution in [2.45, 2.75) is 65.4 Å². The summed E-state index contributed by atoms with van der Waals surface area (Å²) in [5, 5.41) is 0. The van der Waals surface area contributed by atoms with Gasteiger partial charge >= 0.3 is 5.97 Å². The Bertz CT molecular complexity index is 274. The second kappa shape index (κ2) is 4.38. The van der Waals surface area contributed by atoms with Crippen molar-refractivity contribution in [1.29, 1.82) is 0 Å². The van der Waals surface area contributed by atoms with E-state index in [1.807, 2.05) is 6.92 Å². The summed E-state index contributed by atoms with van der Waals surface area (Å²) in [7, 11) is 0. The maximum absolute atomic E-state index is 10.8. The maximum Gasteiger partial charge on any atom is 0.302 e. The molecule has 0 aliphatic heterocycles. The lowest BCUT2D eigenvalue weighted by Gasteiger charge is -2.34. The molecule has 0 spiro atoms. The fourth-order valence-corrected chi connectivity index (χ4v) is 3.90. The molecule has 92 valence electrons. The van der Waals surface area contributed by atoms with Crippen molar-refractivity contribution in [3.8, 4) is 0 Å². The average molecular weight is 224 g/mol. The Morgan fingerprint density at radius 1 is 1.50 bits per heavy atom. The van der Waals surface area contributed by atoms with Crippen molar-refractivity contribution >= 4 is 5.97 Å². The van der Waals surface area contributed by atoms with Gasteiger partial charge in [-0.05, 0) is 56.3 Å². The van der Waals surface area contributed by atoms with E-state index in [2.05, 4.69) is 6.92 Å². The zero-order chi connectivity index (χ0) is 11.8. The molecule has 2 aliphatic rings. The highest BCUT2D eigenvalue weighted by Gasteiger charge is 2.47. The minimum Gasteiger partial charge on any atom is -0.463 e. The molecule has 2 nitrogen and oxygen atoms in total. The predicted molar refractivity (Wildman–Crippen MR) is 64.0 cm³/mol. The average Bonchev–Trinajstić information content (AvgIpc) is 2.73. The molecule has 2 bridgehead atoms. The number of esters is 1. The van der Waals surface area contributed by atoms with Gasteiger partial charge in [-0.3, -0.25) is 4.79 Å². The molecule has 0 unspecified atom stereocenters. The van der Waals surface area contributed by atoms with Crippen molar-refractivity contribution < 1.29 is 9.53 Å². The van der Waals surface area contributed by atoms with Crippen molar-refractivity contribution in [2.24, 2.45) is 17.3 Å². The third kappa shape index (κ3) is 2.41. The Hall–Kier alpha value is -0.530. The van der Waals surface area contributed by atoms with Crippen LogP contribution in [0, 0.1) is 17.3 Å². The summed E-state index contributed by atoms with van der Waals surface area (Å²) in [6, 6.07) is 0. The number of hydrogen-bond acceptors (Lipinski definition) is 2. The SMILES string of the molecule is CC(=O)O[C@H](C)CC[C@@]1(C)C[C@@H]2CC[C@@H]1C2. The van der Waals surface area contributed by atoms with Gasteiger partial charge in [0.05, 0.1) is 6.10 Å². The van der Waals surface area contributed by atoms with Crippen molar-refractivity contribution in [1.82, 2.24) is 0 Å². The van der Waals surface area contributed by atoms with Crippen LogP contribution in [0.2, 0.25) is 0 Å². The van der Waals surface area contributed by atoms with Gasteiger partial charge in [-0.1, -0.05) is 13.3 Å². The van der Waals surface area contributed by atoms with E-state index in [0.717, 1.165) is 18.3 Å². The highest BCUT2D eigenvalue weighted by atomic mass is 16.5. The second-order valence-electron chi connectivity index (χ2n) is 6.19. The zero-order valence-electron chi connectivity index (χ0n) is 10.8. The molecule has 0 radical (unpaired) electrons. The third-order valence-electron chi connectivity index (χ3n) is 4.77.